The van der Waals surface area contributed by atoms with Crippen LogP contribution in [0.5, 0.6) is 0 Å². The summed E-state index contributed by atoms with van der Waals surface area (Å²) in [6.45, 7) is 2.50. The normalized spacial score (nSPS) is 10.5. The Bertz CT molecular complexity index is 615. The van der Waals surface area contributed by atoms with Gasteiger partial charge in [-0.15, -0.1) is 0 Å². The van der Waals surface area contributed by atoms with E-state index >= 15 is 0 Å². The number of hydrogen-bond acceptors (Lipinski definition) is 5. The van der Waals surface area contributed by atoms with Crippen LogP contribution in [-0.4, -0.2) is 41.2 Å². The van der Waals surface area contributed by atoms with E-state index in [1.807, 2.05) is 31.2 Å². The van der Waals surface area contributed by atoms with Crippen LogP contribution in [0.1, 0.15) is 13.3 Å². The smallest absolute Gasteiger partial charge is 0.323 e. The number of benzene rings is 1. The lowest BCUT2D eigenvalue weighted by Gasteiger charge is -2.21. The van der Waals surface area contributed by atoms with Crippen LogP contribution >= 0.6 is 0 Å². The molecule has 0 aliphatic carbocycles. The molecule has 2 rings (SSSR count). The van der Waals surface area contributed by atoms with Crippen molar-refractivity contribution in [3.63, 3.8) is 0 Å². The maximum Gasteiger partial charge on any atom is 0.323 e. The van der Waals surface area contributed by atoms with Crippen molar-refractivity contribution in [2.75, 3.05) is 30.4 Å². The molecule has 0 bridgehead atoms. The SMILES string of the molecule is CCCN(CC(=O)O)c1nc(NC)c2ccccc2n1. The Balaban J connectivity index is 2.48. The van der Waals surface area contributed by atoms with Gasteiger partial charge in [0.05, 0.1) is 5.52 Å². The molecule has 106 valence electrons. The molecule has 1 heterocycles. The number of carbonyl (C=O) groups is 1. The Labute approximate surface area is 117 Å². The highest BCUT2D eigenvalue weighted by Gasteiger charge is 2.15. The molecule has 6 heteroatoms. The molecule has 0 atom stereocenters. The third-order valence-electron chi connectivity index (χ3n) is 2.93. The second kappa shape index (κ2) is 6.18. The van der Waals surface area contributed by atoms with Crippen molar-refractivity contribution in [3.8, 4) is 0 Å². The van der Waals surface area contributed by atoms with Gasteiger partial charge in [-0.05, 0) is 18.6 Å². The number of para-hydroxylation sites is 1. The van der Waals surface area contributed by atoms with Gasteiger partial charge in [-0.3, -0.25) is 4.79 Å². The van der Waals surface area contributed by atoms with Crippen LogP contribution in [0.4, 0.5) is 11.8 Å². The van der Waals surface area contributed by atoms with Crippen LogP contribution in [0.15, 0.2) is 24.3 Å². The number of aromatic nitrogens is 2. The van der Waals surface area contributed by atoms with Crippen LogP contribution < -0.4 is 10.2 Å². The summed E-state index contributed by atoms with van der Waals surface area (Å²) in [5, 5.41) is 13.0. The molecule has 0 saturated heterocycles. The number of nitrogens with one attached hydrogen (secondary N) is 1. The Morgan fingerprint density at radius 1 is 1.35 bits per heavy atom. The quantitative estimate of drug-likeness (QED) is 0.838. The molecule has 0 radical (unpaired) electrons. The number of anilines is 2. The average Bonchev–Trinajstić information content (AvgIpc) is 2.45. The number of hydrogen-bond donors (Lipinski definition) is 2. The average molecular weight is 274 g/mol. The molecule has 0 unspecified atom stereocenters. The maximum absolute atomic E-state index is 11.0. The lowest BCUT2D eigenvalue weighted by atomic mass is 10.2. The summed E-state index contributed by atoms with van der Waals surface area (Å²) in [7, 11) is 1.79. The highest BCUT2D eigenvalue weighted by atomic mass is 16.4. The van der Waals surface area contributed by atoms with Crippen molar-refractivity contribution in [1.82, 2.24) is 9.97 Å². The van der Waals surface area contributed by atoms with Gasteiger partial charge in [0, 0.05) is 19.0 Å². The zero-order valence-electron chi connectivity index (χ0n) is 11.6. The van der Waals surface area contributed by atoms with Gasteiger partial charge >= 0.3 is 5.97 Å². The summed E-state index contributed by atoms with van der Waals surface area (Å²) in [5.41, 5.74) is 0.799. The Morgan fingerprint density at radius 2 is 2.10 bits per heavy atom. The molecule has 0 aliphatic heterocycles. The highest BCUT2D eigenvalue weighted by Crippen LogP contribution is 2.23. The Morgan fingerprint density at radius 3 is 2.75 bits per heavy atom. The minimum Gasteiger partial charge on any atom is -0.480 e. The lowest BCUT2D eigenvalue weighted by molar-refractivity contribution is -0.135. The standard InChI is InChI=1S/C14H18N4O2/c1-3-8-18(9-12(19)20)14-16-11-7-5-4-6-10(11)13(15-2)17-14/h4-7H,3,8-9H2,1-2H3,(H,19,20)(H,15,16,17). The van der Waals surface area contributed by atoms with E-state index in [0.717, 1.165) is 17.3 Å². The van der Waals surface area contributed by atoms with Gasteiger partial charge in [0.25, 0.3) is 0 Å². The van der Waals surface area contributed by atoms with Crippen LogP contribution in [0.2, 0.25) is 0 Å². The predicted octanol–water partition coefficient (Wildman–Crippen LogP) is 1.97. The third kappa shape index (κ3) is 2.96. The molecule has 0 fully saturated rings. The highest BCUT2D eigenvalue weighted by molar-refractivity contribution is 5.90. The fourth-order valence-electron chi connectivity index (χ4n) is 2.08. The van der Waals surface area contributed by atoms with Crippen LogP contribution in [-0.2, 0) is 4.79 Å². The lowest BCUT2D eigenvalue weighted by Crippen LogP contribution is -2.32. The second-order valence-corrected chi connectivity index (χ2v) is 4.45. The van der Waals surface area contributed by atoms with Crippen molar-refractivity contribution < 1.29 is 9.90 Å². The number of carboxylic acid groups (broad SMARTS) is 1. The molecule has 20 heavy (non-hydrogen) atoms. The van der Waals surface area contributed by atoms with E-state index in [1.54, 1.807) is 11.9 Å². The molecule has 0 spiro atoms. The van der Waals surface area contributed by atoms with Gasteiger partial charge in [-0.25, -0.2) is 4.98 Å². The molecule has 0 aliphatic rings. The summed E-state index contributed by atoms with van der Waals surface area (Å²) in [4.78, 5) is 21.5. The molecule has 2 aromatic rings. The first-order chi connectivity index (χ1) is 9.65. The van der Waals surface area contributed by atoms with E-state index < -0.39 is 5.97 Å². The van der Waals surface area contributed by atoms with Gasteiger partial charge in [-0.1, -0.05) is 19.1 Å². The third-order valence-corrected chi connectivity index (χ3v) is 2.93. The van der Waals surface area contributed by atoms with Gasteiger partial charge in [0.15, 0.2) is 0 Å². The second-order valence-electron chi connectivity index (χ2n) is 4.45. The number of rotatable bonds is 6. The zero-order chi connectivity index (χ0) is 14.5. The van der Waals surface area contributed by atoms with Crippen molar-refractivity contribution in [2.24, 2.45) is 0 Å². The monoisotopic (exact) mass is 274 g/mol. The maximum atomic E-state index is 11.0. The summed E-state index contributed by atoms with van der Waals surface area (Å²) in [5.74, 6) is 0.260. The number of fused-ring (bicyclic) bond motifs is 1. The largest absolute Gasteiger partial charge is 0.480 e. The van der Waals surface area contributed by atoms with Crippen molar-refractivity contribution >= 4 is 28.6 Å². The van der Waals surface area contributed by atoms with E-state index in [-0.39, 0.29) is 6.54 Å². The Hall–Kier alpha value is -2.37. The van der Waals surface area contributed by atoms with Gasteiger partial charge in [0.2, 0.25) is 5.95 Å². The summed E-state index contributed by atoms with van der Waals surface area (Å²) >= 11 is 0. The first kappa shape index (κ1) is 14.0. The van der Waals surface area contributed by atoms with Crippen LogP contribution in [0.25, 0.3) is 10.9 Å². The van der Waals surface area contributed by atoms with E-state index in [2.05, 4.69) is 15.3 Å². The number of aliphatic carboxylic acids is 1. The Kier molecular flexibility index (Phi) is 4.34. The molecule has 0 saturated carbocycles. The van der Waals surface area contributed by atoms with E-state index in [9.17, 15) is 4.79 Å². The van der Waals surface area contributed by atoms with Crippen molar-refractivity contribution in [1.29, 1.82) is 0 Å². The van der Waals surface area contributed by atoms with Crippen molar-refractivity contribution in [3.05, 3.63) is 24.3 Å². The number of carboxylic acids is 1. The first-order valence-corrected chi connectivity index (χ1v) is 6.57. The zero-order valence-corrected chi connectivity index (χ0v) is 11.6. The summed E-state index contributed by atoms with van der Waals surface area (Å²) in [6.07, 6.45) is 0.832. The fourth-order valence-corrected chi connectivity index (χ4v) is 2.08. The van der Waals surface area contributed by atoms with Gasteiger partial charge in [-0.2, -0.15) is 4.98 Å². The topological polar surface area (TPSA) is 78.4 Å². The van der Waals surface area contributed by atoms with E-state index in [0.29, 0.717) is 18.3 Å². The molecule has 6 nitrogen and oxygen atoms in total. The summed E-state index contributed by atoms with van der Waals surface area (Å²) < 4.78 is 0. The van der Waals surface area contributed by atoms with E-state index in [4.69, 9.17) is 5.11 Å². The fraction of sp³-hybridized carbons (Fsp3) is 0.357. The molecule has 1 aromatic heterocycles. The molecular formula is C14H18N4O2. The van der Waals surface area contributed by atoms with Gasteiger partial charge in [0.1, 0.15) is 12.4 Å². The minimum atomic E-state index is -0.888. The number of nitrogens with zero attached hydrogens (tertiary/aromatic N) is 3. The van der Waals surface area contributed by atoms with Crippen LogP contribution in [0.3, 0.4) is 0 Å². The minimum absolute atomic E-state index is 0.102. The first-order valence-electron chi connectivity index (χ1n) is 6.57. The molecule has 1 aromatic carbocycles. The van der Waals surface area contributed by atoms with Gasteiger partial charge < -0.3 is 15.3 Å². The molecular weight excluding hydrogens is 256 g/mol. The van der Waals surface area contributed by atoms with Crippen LogP contribution in [0, 0.1) is 0 Å². The summed E-state index contributed by atoms with van der Waals surface area (Å²) in [6, 6.07) is 7.66. The van der Waals surface area contributed by atoms with E-state index in [1.165, 1.54) is 0 Å². The molecule has 0 amide bonds. The molecule has 2 N–H and O–H groups in total. The van der Waals surface area contributed by atoms with Crippen molar-refractivity contribution in [2.45, 2.75) is 13.3 Å². The predicted molar refractivity (Wildman–Crippen MR) is 79.2 cm³/mol.